The average Bonchev–Trinajstić information content (AvgIpc) is 2.97. The second-order valence-corrected chi connectivity index (χ2v) is 7.81. The van der Waals surface area contributed by atoms with Gasteiger partial charge in [-0.2, -0.15) is 0 Å². The maximum Gasteiger partial charge on any atom is 0.239 e. The molecule has 4 rings (SSSR count). The van der Waals surface area contributed by atoms with E-state index in [2.05, 4.69) is 11.4 Å². The van der Waals surface area contributed by atoms with Gasteiger partial charge in [-0.1, -0.05) is 18.2 Å². The van der Waals surface area contributed by atoms with Crippen molar-refractivity contribution in [2.45, 2.75) is 49.8 Å². The first-order valence-corrected chi connectivity index (χ1v) is 8.91. The van der Waals surface area contributed by atoms with Crippen molar-refractivity contribution in [1.29, 1.82) is 0 Å². The van der Waals surface area contributed by atoms with E-state index in [0.717, 1.165) is 24.1 Å². The lowest BCUT2D eigenvalue weighted by atomic mass is 9.73. The molecule has 0 aliphatic carbocycles. The van der Waals surface area contributed by atoms with Crippen LogP contribution in [0.3, 0.4) is 0 Å². The zero-order valence-corrected chi connectivity index (χ0v) is 14.3. The number of anilines is 1. The van der Waals surface area contributed by atoms with Crippen molar-refractivity contribution in [2.24, 2.45) is 11.8 Å². The molecule has 1 spiro atoms. The molecule has 0 radical (unpaired) electrons. The summed E-state index contributed by atoms with van der Waals surface area (Å²) in [6, 6.07) is 8.28. The maximum atomic E-state index is 13.2. The molecule has 1 amide bonds. The Morgan fingerprint density at radius 1 is 1.42 bits per heavy atom. The van der Waals surface area contributed by atoms with Crippen molar-refractivity contribution >= 4 is 11.6 Å². The fraction of sp³-hybridized carbons (Fsp3) is 0.632. The van der Waals surface area contributed by atoms with Gasteiger partial charge in [0.05, 0.1) is 11.5 Å². The number of likely N-dealkylation sites (N-methyl/N-ethyl adjacent to an activating group) is 1. The van der Waals surface area contributed by atoms with Gasteiger partial charge in [0.25, 0.3) is 0 Å². The first-order valence-electron chi connectivity index (χ1n) is 8.91. The van der Waals surface area contributed by atoms with Crippen molar-refractivity contribution in [3.63, 3.8) is 0 Å². The van der Waals surface area contributed by atoms with Crippen LogP contribution >= 0.6 is 0 Å². The monoisotopic (exact) mass is 330 g/mol. The number of piperidine rings is 1. The van der Waals surface area contributed by atoms with Crippen LogP contribution in [0.2, 0.25) is 0 Å². The molecule has 2 fully saturated rings. The number of carbonyl (C=O) groups excluding carboxylic acids is 1. The number of aliphatic hydroxyl groups is 2. The third kappa shape index (κ3) is 2.01. The summed E-state index contributed by atoms with van der Waals surface area (Å²) < 4.78 is 0. The summed E-state index contributed by atoms with van der Waals surface area (Å²) in [5.41, 5.74) is 1.60. The fourth-order valence-corrected chi connectivity index (χ4v) is 5.49. The van der Waals surface area contributed by atoms with Gasteiger partial charge in [-0.3, -0.25) is 4.79 Å². The number of benzene rings is 1. The first kappa shape index (κ1) is 16.1. The Bertz CT molecular complexity index is 662. The Morgan fingerprint density at radius 3 is 2.88 bits per heavy atom. The molecule has 2 saturated heterocycles. The quantitative estimate of drug-likeness (QED) is 0.774. The third-order valence-electron chi connectivity index (χ3n) is 6.50. The molecule has 5 nitrogen and oxygen atoms in total. The van der Waals surface area contributed by atoms with Gasteiger partial charge < -0.3 is 20.4 Å². The predicted octanol–water partition coefficient (Wildman–Crippen LogP) is 1.03. The van der Waals surface area contributed by atoms with Crippen molar-refractivity contribution in [2.75, 3.05) is 18.6 Å². The average molecular weight is 330 g/mol. The van der Waals surface area contributed by atoms with Gasteiger partial charge in [0.1, 0.15) is 0 Å². The molecule has 1 aromatic rings. The molecule has 2 bridgehead atoms. The molecule has 1 unspecified atom stereocenters. The van der Waals surface area contributed by atoms with Crippen LogP contribution in [0.25, 0.3) is 0 Å². The zero-order chi connectivity index (χ0) is 17.1. The fourth-order valence-electron chi connectivity index (χ4n) is 5.49. The molecule has 0 aromatic heterocycles. The van der Waals surface area contributed by atoms with Crippen molar-refractivity contribution in [3.8, 4) is 0 Å². The number of nitrogens with zero attached hydrogens (tertiary/aromatic N) is 1. The number of hydrogen-bond acceptors (Lipinski definition) is 4. The summed E-state index contributed by atoms with van der Waals surface area (Å²) >= 11 is 0. The molecule has 3 aliphatic heterocycles. The van der Waals surface area contributed by atoms with Crippen molar-refractivity contribution in [1.82, 2.24) is 5.32 Å². The Kier molecular flexibility index (Phi) is 3.71. The molecule has 5 heteroatoms. The smallest absolute Gasteiger partial charge is 0.239 e. The van der Waals surface area contributed by atoms with Gasteiger partial charge in [-0.05, 0) is 43.7 Å². The molecule has 6 atom stereocenters. The van der Waals surface area contributed by atoms with Gasteiger partial charge in [-0.25, -0.2) is 0 Å². The molecular weight excluding hydrogens is 304 g/mol. The second kappa shape index (κ2) is 5.55. The van der Waals surface area contributed by atoms with Gasteiger partial charge in [-0.15, -0.1) is 0 Å². The number of nitrogens with one attached hydrogen (secondary N) is 1. The van der Waals surface area contributed by atoms with Crippen LogP contribution in [-0.2, 0) is 10.2 Å². The number of fused-ring (bicyclic) bond motifs is 5. The third-order valence-corrected chi connectivity index (χ3v) is 6.50. The highest BCUT2D eigenvalue weighted by atomic mass is 16.3. The second-order valence-electron chi connectivity index (χ2n) is 7.81. The van der Waals surface area contributed by atoms with Crippen LogP contribution in [0.15, 0.2) is 24.3 Å². The van der Waals surface area contributed by atoms with E-state index >= 15 is 0 Å². The van der Waals surface area contributed by atoms with E-state index in [-0.39, 0.29) is 42.5 Å². The number of rotatable bonds is 3. The minimum Gasteiger partial charge on any atom is -0.396 e. The minimum absolute atomic E-state index is 0.0765. The van der Waals surface area contributed by atoms with Crippen LogP contribution in [0, 0.1) is 11.8 Å². The highest BCUT2D eigenvalue weighted by molar-refractivity contribution is 6.08. The summed E-state index contributed by atoms with van der Waals surface area (Å²) in [5.74, 6) is 0.510. The number of aliphatic hydroxyl groups excluding tert-OH is 2. The molecule has 3 heterocycles. The summed E-state index contributed by atoms with van der Waals surface area (Å²) in [6.07, 6.45) is 1.86. The minimum atomic E-state index is -0.517. The predicted molar refractivity (Wildman–Crippen MR) is 91.8 cm³/mol. The Morgan fingerprint density at radius 2 is 2.17 bits per heavy atom. The number of hydrogen-bond donors (Lipinski definition) is 3. The van der Waals surface area contributed by atoms with Crippen LogP contribution < -0.4 is 10.2 Å². The SMILES string of the molecule is CC(O)C[C@@H]1C[C@@H]2N[C@@H](C[C@]23C(=O)N(C)c2ccccc23)[C@@H]1CO. The van der Waals surface area contributed by atoms with Gasteiger partial charge in [0, 0.05) is 37.3 Å². The first-order chi connectivity index (χ1) is 11.5. The van der Waals surface area contributed by atoms with Crippen molar-refractivity contribution < 1.29 is 15.0 Å². The summed E-state index contributed by atoms with van der Waals surface area (Å²) in [4.78, 5) is 15.0. The largest absolute Gasteiger partial charge is 0.396 e. The van der Waals surface area contributed by atoms with Crippen LogP contribution in [0.4, 0.5) is 5.69 Å². The zero-order valence-electron chi connectivity index (χ0n) is 14.3. The molecule has 24 heavy (non-hydrogen) atoms. The van der Waals surface area contributed by atoms with E-state index in [0.29, 0.717) is 6.42 Å². The number of amides is 1. The van der Waals surface area contributed by atoms with E-state index in [1.807, 2.05) is 25.2 Å². The van der Waals surface area contributed by atoms with E-state index in [1.54, 1.807) is 11.8 Å². The van der Waals surface area contributed by atoms with Crippen LogP contribution in [0.1, 0.15) is 31.7 Å². The highest BCUT2D eigenvalue weighted by Crippen LogP contribution is 2.54. The Labute approximate surface area is 142 Å². The number of carbonyl (C=O) groups is 1. The van der Waals surface area contributed by atoms with Crippen LogP contribution in [0.5, 0.6) is 0 Å². The standard InChI is InChI=1S/C19H26N2O3/c1-11(23)7-12-8-17-19(9-15(20-17)13(12)10-22)14-5-3-4-6-16(14)21(2)18(19)24/h3-6,11-13,15,17,20,22-23H,7-10H2,1-2H3/t11?,12-,13-,15+,17+,19-/m1/s1. The Hall–Kier alpha value is -1.43. The van der Waals surface area contributed by atoms with E-state index in [4.69, 9.17) is 0 Å². The van der Waals surface area contributed by atoms with E-state index in [1.165, 1.54) is 0 Å². The molecular formula is C19H26N2O3. The van der Waals surface area contributed by atoms with Gasteiger partial charge >= 0.3 is 0 Å². The lowest BCUT2D eigenvalue weighted by Crippen LogP contribution is -2.52. The summed E-state index contributed by atoms with van der Waals surface area (Å²) in [6.45, 7) is 1.90. The van der Waals surface area contributed by atoms with Gasteiger partial charge in [0.15, 0.2) is 0 Å². The molecule has 130 valence electrons. The molecule has 3 N–H and O–H groups in total. The summed E-state index contributed by atoms with van der Waals surface area (Å²) in [5, 5.41) is 23.4. The van der Waals surface area contributed by atoms with E-state index in [9.17, 15) is 15.0 Å². The molecule has 3 aliphatic rings. The topological polar surface area (TPSA) is 72.8 Å². The lowest BCUT2D eigenvalue weighted by Gasteiger charge is -2.38. The lowest BCUT2D eigenvalue weighted by molar-refractivity contribution is -0.123. The summed E-state index contributed by atoms with van der Waals surface area (Å²) in [7, 11) is 1.86. The van der Waals surface area contributed by atoms with Crippen LogP contribution in [-0.4, -0.2) is 48.0 Å². The molecule has 1 aromatic carbocycles. The molecule has 0 saturated carbocycles. The number of para-hydroxylation sites is 1. The van der Waals surface area contributed by atoms with E-state index < -0.39 is 5.41 Å². The highest BCUT2D eigenvalue weighted by Gasteiger charge is 2.62. The normalized spacial score (nSPS) is 38.7. The Balaban J connectivity index is 1.76. The maximum absolute atomic E-state index is 13.2. The van der Waals surface area contributed by atoms with Gasteiger partial charge in [0.2, 0.25) is 5.91 Å². The van der Waals surface area contributed by atoms with Crippen molar-refractivity contribution in [3.05, 3.63) is 29.8 Å².